The minimum atomic E-state index is 0.128. The lowest BCUT2D eigenvalue weighted by Gasteiger charge is -2.17. The van der Waals surface area contributed by atoms with Crippen molar-refractivity contribution in [1.29, 1.82) is 0 Å². The summed E-state index contributed by atoms with van der Waals surface area (Å²) in [5, 5.41) is 13.1. The monoisotopic (exact) mass is 321 g/mol. The van der Waals surface area contributed by atoms with Crippen molar-refractivity contribution in [2.75, 3.05) is 12.4 Å². The van der Waals surface area contributed by atoms with Crippen LogP contribution in [0.15, 0.2) is 46.9 Å². The molecule has 3 nitrogen and oxygen atoms in total. The van der Waals surface area contributed by atoms with E-state index in [4.69, 9.17) is 4.74 Å². The van der Waals surface area contributed by atoms with Gasteiger partial charge in [-0.25, -0.2) is 0 Å². The molecule has 1 atom stereocenters. The number of methoxy groups -OCH3 is 1. The summed E-state index contributed by atoms with van der Waals surface area (Å²) in [7, 11) is 1.53. The third-order valence-electron chi connectivity index (χ3n) is 2.93. The molecule has 100 valence electrons. The third-order valence-corrected chi connectivity index (χ3v) is 3.66. The van der Waals surface area contributed by atoms with Crippen molar-refractivity contribution in [2.24, 2.45) is 0 Å². The molecule has 0 aliphatic carbocycles. The Kier molecular flexibility index (Phi) is 4.32. The second-order valence-corrected chi connectivity index (χ2v) is 5.13. The van der Waals surface area contributed by atoms with Crippen molar-refractivity contribution in [3.05, 3.63) is 52.5 Å². The summed E-state index contributed by atoms with van der Waals surface area (Å²) in [6, 6.07) is 13.5. The van der Waals surface area contributed by atoms with Gasteiger partial charge in [-0.2, -0.15) is 0 Å². The predicted octanol–water partition coefficient (Wildman–Crippen LogP) is 4.34. The molecule has 1 unspecified atom stereocenters. The van der Waals surface area contributed by atoms with E-state index < -0.39 is 0 Å². The van der Waals surface area contributed by atoms with E-state index in [1.54, 1.807) is 12.1 Å². The summed E-state index contributed by atoms with van der Waals surface area (Å²) in [5.74, 6) is 0.603. The molecule has 4 heteroatoms. The van der Waals surface area contributed by atoms with Gasteiger partial charge in [0.15, 0.2) is 11.5 Å². The minimum Gasteiger partial charge on any atom is -0.504 e. The van der Waals surface area contributed by atoms with E-state index in [0.29, 0.717) is 5.75 Å². The summed E-state index contributed by atoms with van der Waals surface area (Å²) in [5.41, 5.74) is 2.01. The summed E-state index contributed by atoms with van der Waals surface area (Å²) >= 11 is 3.54. The highest BCUT2D eigenvalue weighted by atomic mass is 79.9. The van der Waals surface area contributed by atoms with Crippen LogP contribution < -0.4 is 10.1 Å². The molecule has 0 fully saturated rings. The number of aromatic hydroxyl groups is 1. The van der Waals surface area contributed by atoms with Crippen LogP contribution in [0.3, 0.4) is 0 Å². The van der Waals surface area contributed by atoms with Gasteiger partial charge in [0, 0.05) is 22.3 Å². The minimum absolute atomic E-state index is 0.128. The standard InChI is InChI=1S/C15H16BrNO2/c1-10(12-5-3-4-6-13(12)16)17-11-7-8-15(19-2)14(18)9-11/h3-10,17-18H,1-2H3. The van der Waals surface area contributed by atoms with Gasteiger partial charge in [0.05, 0.1) is 7.11 Å². The molecule has 0 aliphatic heterocycles. The van der Waals surface area contributed by atoms with Gasteiger partial charge in [0.1, 0.15) is 0 Å². The topological polar surface area (TPSA) is 41.5 Å². The maximum atomic E-state index is 9.76. The fourth-order valence-electron chi connectivity index (χ4n) is 1.93. The Balaban J connectivity index is 2.17. The number of phenolic OH excluding ortho intramolecular Hbond substituents is 1. The largest absolute Gasteiger partial charge is 0.504 e. The number of anilines is 1. The van der Waals surface area contributed by atoms with Gasteiger partial charge < -0.3 is 15.2 Å². The van der Waals surface area contributed by atoms with Crippen LogP contribution in [0.4, 0.5) is 5.69 Å². The van der Waals surface area contributed by atoms with Gasteiger partial charge >= 0.3 is 0 Å². The number of rotatable bonds is 4. The molecule has 2 aromatic carbocycles. The van der Waals surface area contributed by atoms with Gasteiger partial charge in [-0.05, 0) is 30.7 Å². The number of nitrogens with one attached hydrogen (secondary N) is 1. The molecule has 0 bridgehead atoms. The second kappa shape index (κ2) is 5.97. The van der Waals surface area contributed by atoms with Crippen LogP contribution in [0.2, 0.25) is 0 Å². The highest BCUT2D eigenvalue weighted by Gasteiger charge is 2.09. The zero-order chi connectivity index (χ0) is 13.8. The highest BCUT2D eigenvalue weighted by Crippen LogP contribution is 2.31. The van der Waals surface area contributed by atoms with Gasteiger partial charge in [-0.3, -0.25) is 0 Å². The smallest absolute Gasteiger partial charge is 0.160 e. The molecule has 0 spiro atoms. The van der Waals surface area contributed by atoms with Gasteiger partial charge in [-0.1, -0.05) is 34.1 Å². The van der Waals surface area contributed by atoms with Crippen molar-refractivity contribution in [3.63, 3.8) is 0 Å². The lowest BCUT2D eigenvalue weighted by atomic mass is 10.1. The van der Waals surface area contributed by atoms with Crippen LogP contribution in [0.5, 0.6) is 11.5 Å². The normalized spacial score (nSPS) is 11.9. The van der Waals surface area contributed by atoms with Gasteiger partial charge in [0.2, 0.25) is 0 Å². The highest BCUT2D eigenvalue weighted by molar-refractivity contribution is 9.10. The molecule has 2 N–H and O–H groups in total. The molecule has 19 heavy (non-hydrogen) atoms. The number of halogens is 1. The Hall–Kier alpha value is -1.68. The lowest BCUT2D eigenvalue weighted by molar-refractivity contribution is 0.373. The van der Waals surface area contributed by atoms with Crippen LogP contribution in [0, 0.1) is 0 Å². The summed E-state index contributed by atoms with van der Waals surface area (Å²) in [6.45, 7) is 2.07. The first kappa shape index (κ1) is 13.7. The summed E-state index contributed by atoms with van der Waals surface area (Å²) in [6.07, 6.45) is 0. The first-order valence-electron chi connectivity index (χ1n) is 6.00. The Bertz CT molecular complexity index is 572. The quantitative estimate of drug-likeness (QED) is 0.880. The third kappa shape index (κ3) is 3.20. The number of hydrogen-bond donors (Lipinski definition) is 2. The van der Waals surface area contributed by atoms with E-state index in [9.17, 15) is 5.11 Å². The molecule has 0 saturated heterocycles. The van der Waals surface area contributed by atoms with Crippen molar-refractivity contribution in [2.45, 2.75) is 13.0 Å². The number of ether oxygens (including phenoxy) is 1. The maximum Gasteiger partial charge on any atom is 0.160 e. The molecule has 0 saturated carbocycles. The number of benzene rings is 2. The average molecular weight is 322 g/mol. The molecule has 0 radical (unpaired) electrons. The average Bonchev–Trinajstić information content (AvgIpc) is 2.39. The van der Waals surface area contributed by atoms with Crippen LogP contribution in [-0.4, -0.2) is 12.2 Å². The van der Waals surface area contributed by atoms with Crippen molar-refractivity contribution < 1.29 is 9.84 Å². The Morgan fingerprint density at radius 1 is 1.21 bits per heavy atom. The summed E-state index contributed by atoms with van der Waals surface area (Å²) < 4.78 is 6.09. The number of phenols is 1. The molecule has 2 rings (SSSR count). The number of hydrogen-bond acceptors (Lipinski definition) is 3. The Morgan fingerprint density at radius 2 is 1.95 bits per heavy atom. The van der Waals surface area contributed by atoms with Crippen LogP contribution >= 0.6 is 15.9 Å². The van der Waals surface area contributed by atoms with Crippen LogP contribution in [0.25, 0.3) is 0 Å². The van der Waals surface area contributed by atoms with Crippen LogP contribution in [0.1, 0.15) is 18.5 Å². The summed E-state index contributed by atoms with van der Waals surface area (Å²) in [4.78, 5) is 0. The van der Waals surface area contributed by atoms with E-state index in [1.807, 2.05) is 24.3 Å². The predicted molar refractivity (Wildman–Crippen MR) is 80.8 cm³/mol. The van der Waals surface area contributed by atoms with Crippen molar-refractivity contribution in [1.82, 2.24) is 0 Å². The first-order valence-corrected chi connectivity index (χ1v) is 6.79. The molecule has 0 amide bonds. The van der Waals surface area contributed by atoms with E-state index in [2.05, 4.69) is 34.2 Å². The fourth-order valence-corrected chi connectivity index (χ4v) is 2.56. The SMILES string of the molecule is COc1ccc(NC(C)c2ccccc2Br)cc1O. The first-order chi connectivity index (χ1) is 9.11. The van der Waals surface area contributed by atoms with Crippen molar-refractivity contribution >= 4 is 21.6 Å². The van der Waals surface area contributed by atoms with Crippen molar-refractivity contribution in [3.8, 4) is 11.5 Å². The van der Waals surface area contributed by atoms with E-state index in [-0.39, 0.29) is 11.8 Å². The zero-order valence-corrected chi connectivity index (χ0v) is 12.4. The van der Waals surface area contributed by atoms with E-state index >= 15 is 0 Å². The Morgan fingerprint density at radius 3 is 2.58 bits per heavy atom. The zero-order valence-electron chi connectivity index (χ0n) is 10.9. The fraction of sp³-hybridized carbons (Fsp3) is 0.200. The second-order valence-electron chi connectivity index (χ2n) is 4.27. The molecule has 2 aromatic rings. The van der Waals surface area contributed by atoms with Gasteiger partial charge in [0.25, 0.3) is 0 Å². The molecular weight excluding hydrogens is 306 g/mol. The molecule has 0 aliphatic rings. The molecule has 0 aromatic heterocycles. The van der Waals surface area contributed by atoms with Crippen LogP contribution in [-0.2, 0) is 0 Å². The van der Waals surface area contributed by atoms with E-state index in [1.165, 1.54) is 7.11 Å². The molecular formula is C15H16BrNO2. The van der Waals surface area contributed by atoms with E-state index in [0.717, 1.165) is 15.7 Å². The molecule has 0 heterocycles. The maximum absolute atomic E-state index is 9.76. The Labute approximate surface area is 121 Å². The lowest BCUT2D eigenvalue weighted by Crippen LogP contribution is -2.07. The van der Waals surface area contributed by atoms with Gasteiger partial charge in [-0.15, -0.1) is 0 Å².